The first kappa shape index (κ1) is 18.8. The number of nitrogens with one attached hydrogen (secondary N) is 1. The molecule has 2 amide bonds. The number of hydrogen-bond acceptors (Lipinski definition) is 5. The topological polar surface area (TPSA) is 84.4 Å². The Morgan fingerprint density at radius 3 is 2.65 bits per heavy atom. The van der Waals surface area contributed by atoms with Crippen molar-refractivity contribution in [3.63, 3.8) is 0 Å². The summed E-state index contributed by atoms with van der Waals surface area (Å²) in [6.45, 7) is 4.52. The van der Waals surface area contributed by atoms with E-state index in [1.54, 1.807) is 13.3 Å². The van der Waals surface area contributed by atoms with Crippen molar-refractivity contribution in [1.29, 1.82) is 0 Å². The van der Waals surface area contributed by atoms with Gasteiger partial charge in [0.05, 0.1) is 11.3 Å². The summed E-state index contributed by atoms with van der Waals surface area (Å²) in [5.41, 5.74) is 1.38. The van der Waals surface area contributed by atoms with Crippen LogP contribution in [0.5, 0.6) is 0 Å². The molecule has 7 nitrogen and oxygen atoms in total. The number of hydrogen-bond donors (Lipinski definition) is 1. The summed E-state index contributed by atoms with van der Waals surface area (Å²) >= 11 is 0. The maximum atomic E-state index is 12.6. The highest BCUT2D eigenvalue weighted by Gasteiger charge is 2.35. The summed E-state index contributed by atoms with van der Waals surface area (Å²) in [5.74, 6) is 1.30. The van der Waals surface area contributed by atoms with E-state index in [0.717, 1.165) is 50.9 Å². The van der Waals surface area contributed by atoms with Gasteiger partial charge in [0, 0.05) is 51.4 Å². The van der Waals surface area contributed by atoms with Crippen LogP contribution in [0, 0.1) is 12.8 Å². The summed E-state index contributed by atoms with van der Waals surface area (Å²) in [6, 6.07) is 0. The third-order valence-electron chi connectivity index (χ3n) is 5.11. The van der Waals surface area contributed by atoms with E-state index in [4.69, 9.17) is 4.74 Å². The van der Waals surface area contributed by atoms with Gasteiger partial charge >= 0.3 is 0 Å². The monoisotopic (exact) mass is 360 g/mol. The van der Waals surface area contributed by atoms with E-state index in [2.05, 4.69) is 15.3 Å². The lowest BCUT2D eigenvalue weighted by Crippen LogP contribution is -2.39. The number of amides is 2. The number of ether oxygens (including phenoxy) is 1. The fourth-order valence-corrected chi connectivity index (χ4v) is 3.45. The molecular weight excluding hydrogens is 332 g/mol. The standard InChI is InChI=1S/C19H28N4O3/c1-13-21-12-16(18(24)20-8-3-11-26-2)17(22-13)14-6-9-23(10-7-14)19(25)15-4-5-15/h12,14-15H,3-11H2,1-2H3,(H,20,24). The number of nitrogens with zero attached hydrogens (tertiary/aromatic N) is 3. The molecule has 1 aliphatic carbocycles. The Bertz CT molecular complexity index is 652. The molecule has 1 aromatic heterocycles. The number of aryl methyl sites for hydroxylation is 1. The summed E-state index contributed by atoms with van der Waals surface area (Å²) in [6.07, 6.45) is 6.17. The molecule has 0 radical (unpaired) electrons. The highest BCUT2D eigenvalue weighted by atomic mass is 16.5. The Labute approximate surface area is 154 Å². The minimum absolute atomic E-state index is 0.132. The Kier molecular flexibility index (Phi) is 6.19. The van der Waals surface area contributed by atoms with Crippen molar-refractivity contribution in [2.24, 2.45) is 5.92 Å². The van der Waals surface area contributed by atoms with Gasteiger partial charge in [0.2, 0.25) is 5.91 Å². The second-order valence-corrected chi connectivity index (χ2v) is 7.19. The first-order valence-corrected chi connectivity index (χ1v) is 9.49. The summed E-state index contributed by atoms with van der Waals surface area (Å²) in [4.78, 5) is 35.6. The second kappa shape index (κ2) is 8.58. The third-order valence-corrected chi connectivity index (χ3v) is 5.11. The molecular formula is C19H28N4O3. The SMILES string of the molecule is COCCCNC(=O)c1cnc(C)nc1C1CCN(C(=O)C2CC2)CC1. The number of aromatic nitrogens is 2. The molecule has 0 aromatic carbocycles. The Morgan fingerprint density at radius 1 is 1.27 bits per heavy atom. The molecule has 1 aromatic rings. The fourth-order valence-electron chi connectivity index (χ4n) is 3.45. The van der Waals surface area contributed by atoms with E-state index in [1.807, 2.05) is 11.8 Å². The van der Waals surface area contributed by atoms with Crippen molar-refractivity contribution in [2.75, 3.05) is 33.4 Å². The van der Waals surface area contributed by atoms with Crippen LogP contribution in [0.4, 0.5) is 0 Å². The first-order chi connectivity index (χ1) is 12.6. The first-order valence-electron chi connectivity index (χ1n) is 9.49. The molecule has 1 N–H and O–H groups in total. The predicted molar refractivity (Wildman–Crippen MR) is 96.9 cm³/mol. The molecule has 2 heterocycles. The van der Waals surface area contributed by atoms with Crippen LogP contribution in [0.2, 0.25) is 0 Å². The maximum absolute atomic E-state index is 12.6. The van der Waals surface area contributed by atoms with E-state index < -0.39 is 0 Å². The maximum Gasteiger partial charge on any atom is 0.254 e. The smallest absolute Gasteiger partial charge is 0.254 e. The van der Waals surface area contributed by atoms with Crippen LogP contribution in [0.15, 0.2) is 6.20 Å². The molecule has 3 rings (SSSR count). The molecule has 142 valence electrons. The van der Waals surface area contributed by atoms with Gasteiger partial charge in [0.15, 0.2) is 0 Å². The number of rotatable bonds is 7. The average molecular weight is 360 g/mol. The predicted octanol–water partition coefficient (Wildman–Crippen LogP) is 1.67. The van der Waals surface area contributed by atoms with Gasteiger partial charge in [-0.05, 0) is 39.0 Å². The molecule has 0 bridgehead atoms. The normalized spacial score (nSPS) is 18.0. The van der Waals surface area contributed by atoms with E-state index >= 15 is 0 Å². The number of piperidine rings is 1. The summed E-state index contributed by atoms with van der Waals surface area (Å²) in [5, 5.41) is 2.92. The van der Waals surface area contributed by atoms with E-state index in [1.165, 1.54) is 0 Å². The summed E-state index contributed by atoms with van der Waals surface area (Å²) in [7, 11) is 1.65. The zero-order chi connectivity index (χ0) is 18.5. The van der Waals surface area contributed by atoms with E-state index in [0.29, 0.717) is 30.4 Å². The lowest BCUT2D eigenvalue weighted by molar-refractivity contribution is -0.133. The number of carbonyl (C=O) groups excluding carboxylic acids is 2. The Morgan fingerprint density at radius 2 is 2.00 bits per heavy atom. The molecule has 7 heteroatoms. The lowest BCUT2D eigenvalue weighted by atomic mass is 9.90. The van der Waals surface area contributed by atoms with Gasteiger partial charge in [0.25, 0.3) is 5.91 Å². The molecule has 2 fully saturated rings. The Balaban J connectivity index is 1.64. The highest BCUT2D eigenvalue weighted by molar-refractivity contribution is 5.95. The van der Waals surface area contributed by atoms with Gasteiger partial charge < -0.3 is 15.0 Å². The summed E-state index contributed by atoms with van der Waals surface area (Å²) < 4.78 is 5.01. The zero-order valence-corrected chi connectivity index (χ0v) is 15.7. The third kappa shape index (κ3) is 4.58. The largest absolute Gasteiger partial charge is 0.385 e. The van der Waals surface area contributed by atoms with Gasteiger partial charge in [-0.3, -0.25) is 9.59 Å². The van der Waals surface area contributed by atoms with Gasteiger partial charge in [-0.1, -0.05) is 0 Å². The zero-order valence-electron chi connectivity index (χ0n) is 15.7. The molecule has 0 atom stereocenters. The van der Waals surface area contributed by atoms with Gasteiger partial charge in [-0.25, -0.2) is 9.97 Å². The van der Waals surface area contributed by atoms with Crippen LogP contribution in [-0.4, -0.2) is 60.0 Å². The molecule has 0 spiro atoms. The van der Waals surface area contributed by atoms with Gasteiger partial charge in [-0.2, -0.15) is 0 Å². The van der Waals surface area contributed by atoms with Gasteiger partial charge in [-0.15, -0.1) is 0 Å². The van der Waals surface area contributed by atoms with Crippen molar-refractivity contribution in [3.8, 4) is 0 Å². The second-order valence-electron chi connectivity index (χ2n) is 7.19. The lowest BCUT2D eigenvalue weighted by Gasteiger charge is -2.32. The van der Waals surface area contributed by atoms with Crippen molar-refractivity contribution >= 4 is 11.8 Å². The van der Waals surface area contributed by atoms with E-state index in [9.17, 15) is 9.59 Å². The minimum atomic E-state index is -0.132. The van der Waals surface area contributed by atoms with Crippen LogP contribution in [0.3, 0.4) is 0 Å². The minimum Gasteiger partial charge on any atom is -0.385 e. The number of likely N-dealkylation sites (tertiary alicyclic amines) is 1. The van der Waals surface area contributed by atoms with Crippen LogP contribution in [-0.2, 0) is 9.53 Å². The molecule has 1 saturated carbocycles. The molecule has 26 heavy (non-hydrogen) atoms. The van der Waals surface area contributed by atoms with Crippen molar-refractivity contribution in [2.45, 2.75) is 44.9 Å². The molecule has 1 aliphatic heterocycles. The van der Waals surface area contributed by atoms with Crippen molar-refractivity contribution in [3.05, 3.63) is 23.3 Å². The van der Waals surface area contributed by atoms with Crippen LogP contribution >= 0.6 is 0 Å². The molecule has 2 aliphatic rings. The molecule has 1 saturated heterocycles. The van der Waals surface area contributed by atoms with Crippen molar-refractivity contribution in [1.82, 2.24) is 20.2 Å². The van der Waals surface area contributed by atoms with E-state index in [-0.39, 0.29) is 17.7 Å². The van der Waals surface area contributed by atoms with Gasteiger partial charge in [0.1, 0.15) is 5.82 Å². The molecule has 0 unspecified atom stereocenters. The Hall–Kier alpha value is -2.02. The quantitative estimate of drug-likeness (QED) is 0.748. The highest BCUT2D eigenvalue weighted by Crippen LogP contribution is 2.34. The fraction of sp³-hybridized carbons (Fsp3) is 0.684. The number of carbonyl (C=O) groups is 2. The van der Waals surface area contributed by atoms with Crippen molar-refractivity contribution < 1.29 is 14.3 Å². The number of methoxy groups -OCH3 is 1. The average Bonchev–Trinajstić information content (AvgIpc) is 3.50. The van der Waals surface area contributed by atoms with Crippen LogP contribution in [0.25, 0.3) is 0 Å². The van der Waals surface area contributed by atoms with Crippen LogP contribution in [0.1, 0.15) is 59.9 Å². The van der Waals surface area contributed by atoms with Crippen LogP contribution < -0.4 is 5.32 Å².